The number of pyridine rings is 1. The fourth-order valence-corrected chi connectivity index (χ4v) is 3.64. The van der Waals surface area contributed by atoms with Crippen molar-refractivity contribution < 1.29 is 4.79 Å². The Bertz CT molecular complexity index is 888. The third-order valence-corrected chi connectivity index (χ3v) is 4.93. The van der Waals surface area contributed by atoms with Gasteiger partial charge in [-0.2, -0.15) is 5.10 Å². The minimum absolute atomic E-state index is 0.139. The first-order valence-electron chi connectivity index (χ1n) is 8.58. The summed E-state index contributed by atoms with van der Waals surface area (Å²) in [5, 5.41) is 23.6. The normalized spacial score (nSPS) is 16.3. The Morgan fingerprint density at radius 1 is 1.19 bits per heavy atom. The summed E-state index contributed by atoms with van der Waals surface area (Å²) in [7, 11) is 0. The van der Waals surface area contributed by atoms with Crippen molar-refractivity contribution in [2.75, 3.05) is 28.6 Å². The largest absolute Gasteiger partial charge is 0.355 e. The molecule has 27 heavy (non-hydrogen) atoms. The number of aromatic nitrogens is 5. The SMILES string of the molecule is O=C(Cc1cccnc1)Nc1nnc(N[C@@H]2CCN(c3cccnn3)C2)s1. The van der Waals surface area contributed by atoms with Gasteiger partial charge in [0.05, 0.1) is 6.42 Å². The molecule has 0 spiro atoms. The van der Waals surface area contributed by atoms with Crippen molar-refractivity contribution in [1.29, 1.82) is 0 Å². The fourth-order valence-electron chi connectivity index (χ4n) is 2.91. The molecule has 0 bridgehead atoms. The third kappa shape index (κ3) is 4.53. The zero-order valence-corrected chi connectivity index (χ0v) is 15.3. The second-order valence-corrected chi connectivity index (χ2v) is 7.13. The van der Waals surface area contributed by atoms with Gasteiger partial charge in [0, 0.05) is 37.7 Å². The van der Waals surface area contributed by atoms with E-state index >= 15 is 0 Å². The van der Waals surface area contributed by atoms with Crippen LogP contribution in [-0.4, -0.2) is 50.4 Å². The van der Waals surface area contributed by atoms with Gasteiger partial charge in [-0.1, -0.05) is 17.4 Å². The van der Waals surface area contributed by atoms with E-state index in [1.54, 1.807) is 18.6 Å². The van der Waals surface area contributed by atoms with Crippen molar-refractivity contribution in [1.82, 2.24) is 25.4 Å². The number of carbonyl (C=O) groups is 1. The Balaban J connectivity index is 1.29. The smallest absolute Gasteiger partial charge is 0.230 e. The number of hydrogen-bond donors (Lipinski definition) is 2. The molecule has 1 amide bonds. The monoisotopic (exact) mass is 382 g/mol. The van der Waals surface area contributed by atoms with Crippen LogP contribution < -0.4 is 15.5 Å². The van der Waals surface area contributed by atoms with Crippen molar-refractivity contribution in [3.8, 4) is 0 Å². The lowest BCUT2D eigenvalue weighted by Crippen LogP contribution is -2.26. The van der Waals surface area contributed by atoms with Crippen molar-refractivity contribution in [3.63, 3.8) is 0 Å². The highest BCUT2D eigenvalue weighted by molar-refractivity contribution is 7.19. The summed E-state index contributed by atoms with van der Waals surface area (Å²) in [5.74, 6) is 0.739. The van der Waals surface area contributed by atoms with Crippen LogP contribution in [0.15, 0.2) is 42.9 Å². The first-order valence-corrected chi connectivity index (χ1v) is 9.39. The summed E-state index contributed by atoms with van der Waals surface area (Å²) < 4.78 is 0. The number of hydrogen-bond acceptors (Lipinski definition) is 9. The molecule has 4 heterocycles. The Hall–Kier alpha value is -3.14. The topological polar surface area (TPSA) is 109 Å². The molecular formula is C17H18N8OS. The summed E-state index contributed by atoms with van der Waals surface area (Å²) in [5.41, 5.74) is 0.855. The molecule has 10 heteroatoms. The summed E-state index contributed by atoms with van der Waals surface area (Å²) in [6.07, 6.45) is 6.25. The minimum atomic E-state index is -0.139. The van der Waals surface area contributed by atoms with Crippen molar-refractivity contribution in [3.05, 3.63) is 48.4 Å². The molecule has 1 fully saturated rings. The predicted octanol–water partition coefficient (Wildman–Crippen LogP) is 1.60. The summed E-state index contributed by atoms with van der Waals surface area (Å²) in [4.78, 5) is 18.3. The zero-order chi connectivity index (χ0) is 18.5. The minimum Gasteiger partial charge on any atom is -0.355 e. The lowest BCUT2D eigenvalue weighted by molar-refractivity contribution is -0.115. The molecule has 2 N–H and O–H groups in total. The second kappa shape index (κ2) is 8.04. The molecule has 3 aromatic heterocycles. The van der Waals surface area contributed by atoms with Gasteiger partial charge < -0.3 is 15.5 Å². The van der Waals surface area contributed by atoms with E-state index in [-0.39, 0.29) is 18.4 Å². The number of nitrogens with one attached hydrogen (secondary N) is 2. The number of nitrogens with zero attached hydrogens (tertiary/aromatic N) is 6. The Morgan fingerprint density at radius 3 is 2.89 bits per heavy atom. The molecule has 1 aliphatic rings. The molecule has 0 saturated carbocycles. The van der Waals surface area contributed by atoms with Gasteiger partial charge in [-0.25, -0.2) is 0 Å². The van der Waals surface area contributed by atoms with E-state index in [0.717, 1.165) is 30.9 Å². The van der Waals surface area contributed by atoms with Crippen LogP contribution in [0.25, 0.3) is 0 Å². The lowest BCUT2D eigenvalue weighted by Gasteiger charge is -2.16. The van der Waals surface area contributed by atoms with Gasteiger partial charge in [0.1, 0.15) is 0 Å². The number of carbonyl (C=O) groups excluding carboxylic acids is 1. The molecule has 9 nitrogen and oxygen atoms in total. The van der Waals surface area contributed by atoms with Crippen LogP contribution in [-0.2, 0) is 11.2 Å². The van der Waals surface area contributed by atoms with Crippen LogP contribution in [0.5, 0.6) is 0 Å². The van der Waals surface area contributed by atoms with E-state index in [2.05, 4.69) is 40.9 Å². The maximum absolute atomic E-state index is 12.1. The summed E-state index contributed by atoms with van der Waals surface area (Å²) >= 11 is 1.33. The Labute approximate surface area is 159 Å². The highest BCUT2D eigenvalue weighted by atomic mass is 32.1. The molecule has 1 aliphatic heterocycles. The van der Waals surface area contributed by atoms with E-state index in [0.29, 0.717) is 10.3 Å². The average molecular weight is 382 g/mol. The van der Waals surface area contributed by atoms with E-state index in [9.17, 15) is 4.79 Å². The maximum atomic E-state index is 12.1. The van der Waals surface area contributed by atoms with Gasteiger partial charge >= 0.3 is 0 Å². The van der Waals surface area contributed by atoms with Gasteiger partial charge in [-0.05, 0) is 30.2 Å². The predicted molar refractivity (Wildman–Crippen MR) is 103 cm³/mol. The molecule has 0 aliphatic carbocycles. The van der Waals surface area contributed by atoms with Crippen LogP contribution in [0.3, 0.4) is 0 Å². The van der Waals surface area contributed by atoms with E-state index < -0.39 is 0 Å². The molecule has 138 valence electrons. The van der Waals surface area contributed by atoms with Crippen LogP contribution in [0.4, 0.5) is 16.1 Å². The molecular weight excluding hydrogens is 364 g/mol. The van der Waals surface area contributed by atoms with Gasteiger partial charge in [-0.3, -0.25) is 9.78 Å². The van der Waals surface area contributed by atoms with Crippen molar-refractivity contribution in [2.45, 2.75) is 18.9 Å². The first-order chi connectivity index (χ1) is 13.3. The summed E-state index contributed by atoms with van der Waals surface area (Å²) in [6.45, 7) is 1.73. The van der Waals surface area contributed by atoms with E-state index in [1.807, 2.05) is 24.3 Å². The van der Waals surface area contributed by atoms with Crippen LogP contribution in [0.2, 0.25) is 0 Å². The molecule has 0 aromatic carbocycles. The van der Waals surface area contributed by atoms with E-state index in [1.165, 1.54) is 11.3 Å². The first kappa shape index (κ1) is 17.3. The van der Waals surface area contributed by atoms with E-state index in [4.69, 9.17) is 0 Å². The number of rotatable bonds is 6. The van der Waals surface area contributed by atoms with Crippen LogP contribution in [0, 0.1) is 0 Å². The van der Waals surface area contributed by atoms with Gasteiger partial charge in [0.15, 0.2) is 5.82 Å². The fraction of sp³-hybridized carbons (Fsp3) is 0.294. The van der Waals surface area contributed by atoms with Crippen LogP contribution in [0.1, 0.15) is 12.0 Å². The molecule has 1 atom stereocenters. The highest BCUT2D eigenvalue weighted by Gasteiger charge is 2.24. The van der Waals surface area contributed by atoms with Crippen molar-refractivity contribution >= 4 is 33.3 Å². The Kier molecular flexibility index (Phi) is 5.15. The molecule has 0 radical (unpaired) electrons. The molecule has 3 aromatic rings. The van der Waals surface area contributed by atoms with Crippen LogP contribution >= 0.6 is 11.3 Å². The van der Waals surface area contributed by atoms with Gasteiger partial charge in [0.25, 0.3) is 0 Å². The standard InChI is InChI=1S/C17H18N8OS/c26-15(9-12-3-1-6-18-10-12)21-17-24-23-16(27-17)20-13-5-8-25(11-13)14-4-2-7-19-22-14/h1-4,6-7,10,13H,5,8-9,11H2,(H,20,23)(H,21,24,26)/t13-/m1/s1. The summed E-state index contributed by atoms with van der Waals surface area (Å²) in [6, 6.07) is 7.76. The highest BCUT2D eigenvalue weighted by Crippen LogP contribution is 2.24. The third-order valence-electron chi connectivity index (χ3n) is 4.16. The number of anilines is 3. The number of amides is 1. The lowest BCUT2D eigenvalue weighted by atomic mass is 10.2. The van der Waals surface area contributed by atoms with Crippen molar-refractivity contribution in [2.24, 2.45) is 0 Å². The van der Waals surface area contributed by atoms with Gasteiger partial charge in [0.2, 0.25) is 16.2 Å². The molecule has 0 unspecified atom stereocenters. The zero-order valence-electron chi connectivity index (χ0n) is 14.4. The molecule has 4 rings (SSSR count). The quantitative estimate of drug-likeness (QED) is 0.662. The maximum Gasteiger partial charge on any atom is 0.230 e. The second-order valence-electron chi connectivity index (χ2n) is 6.16. The average Bonchev–Trinajstić information content (AvgIpc) is 3.33. The molecule has 1 saturated heterocycles. The van der Waals surface area contributed by atoms with Gasteiger partial charge in [-0.15, -0.1) is 15.3 Å². The Morgan fingerprint density at radius 2 is 2.07 bits per heavy atom.